The second-order valence-corrected chi connectivity index (χ2v) is 7.71. The van der Waals surface area contributed by atoms with Gasteiger partial charge >= 0.3 is 0 Å². The lowest BCUT2D eigenvalue weighted by molar-refractivity contribution is -0.113. The maximum atomic E-state index is 13.2. The van der Waals surface area contributed by atoms with Gasteiger partial charge in [-0.2, -0.15) is 0 Å². The van der Waals surface area contributed by atoms with E-state index < -0.39 is 0 Å². The van der Waals surface area contributed by atoms with Crippen molar-refractivity contribution in [1.82, 2.24) is 0 Å². The summed E-state index contributed by atoms with van der Waals surface area (Å²) < 4.78 is 6.18. The van der Waals surface area contributed by atoms with Crippen LogP contribution in [-0.4, -0.2) is 18.9 Å². The van der Waals surface area contributed by atoms with Crippen LogP contribution in [-0.2, 0) is 4.79 Å². The molecule has 1 aliphatic heterocycles. The zero-order chi connectivity index (χ0) is 20.4. The number of hydrogen-bond acceptors (Lipinski definition) is 3. The fraction of sp³-hybridized carbons (Fsp3) is 0.0435. The molecule has 4 rings (SSSR count). The first-order valence-corrected chi connectivity index (χ1v) is 10.0. The Labute approximate surface area is 182 Å². The lowest BCUT2D eigenvalue weighted by atomic mass is 10.1. The van der Waals surface area contributed by atoms with E-state index in [4.69, 9.17) is 16.3 Å². The van der Waals surface area contributed by atoms with Crippen molar-refractivity contribution in [2.45, 2.75) is 0 Å². The average molecular weight is 468 g/mol. The predicted octanol–water partition coefficient (Wildman–Crippen LogP) is 5.95. The van der Waals surface area contributed by atoms with Gasteiger partial charge in [0.1, 0.15) is 17.3 Å². The van der Waals surface area contributed by atoms with Gasteiger partial charge in [-0.3, -0.25) is 9.69 Å². The molecule has 0 fully saturated rings. The summed E-state index contributed by atoms with van der Waals surface area (Å²) in [6.45, 7) is 0. The number of hydrogen-bond donors (Lipinski definition) is 0. The molecule has 29 heavy (non-hydrogen) atoms. The van der Waals surface area contributed by atoms with E-state index >= 15 is 0 Å². The number of aliphatic imine (C=N–C) groups is 1. The van der Waals surface area contributed by atoms with Crippen LogP contribution in [0, 0.1) is 0 Å². The molecule has 0 saturated heterocycles. The fourth-order valence-electron chi connectivity index (χ4n) is 3.00. The van der Waals surface area contributed by atoms with Crippen LogP contribution in [0.4, 0.5) is 5.69 Å². The lowest BCUT2D eigenvalue weighted by Crippen LogP contribution is -2.32. The van der Waals surface area contributed by atoms with Gasteiger partial charge in [-0.25, -0.2) is 4.99 Å². The number of rotatable bonds is 4. The molecular weight excluding hydrogens is 452 g/mol. The third-order valence-electron chi connectivity index (χ3n) is 4.47. The van der Waals surface area contributed by atoms with Crippen molar-refractivity contribution >= 4 is 51.0 Å². The number of anilines is 1. The van der Waals surface area contributed by atoms with E-state index in [-0.39, 0.29) is 5.91 Å². The second kappa shape index (κ2) is 8.23. The first-order valence-electron chi connectivity index (χ1n) is 8.85. The zero-order valence-corrected chi connectivity index (χ0v) is 17.8. The van der Waals surface area contributed by atoms with Gasteiger partial charge in [0, 0.05) is 15.1 Å². The number of carbonyl (C=O) groups is 1. The number of amides is 1. The van der Waals surface area contributed by atoms with Gasteiger partial charge < -0.3 is 4.74 Å². The topological polar surface area (TPSA) is 41.9 Å². The normalized spacial score (nSPS) is 15.0. The van der Waals surface area contributed by atoms with E-state index in [0.29, 0.717) is 16.6 Å². The summed E-state index contributed by atoms with van der Waals surface area (Å²) in [4.78, 5) is 19.5. The van der Waals surface area contributed by atoms with Crippen molar-refractivity contribution in [2.75, 3.05) is 12.0 Å². The van der Waals surface area contributed by atoms with E-state index in [1.165, 1.54) is 0 Å². The molecule has 3 aromatic carbocycles. The number of ether oxygens (including phenoxy) is 1. The molecule has 0 spiro atoms. The van der Waals surface area contributed by atoms with Crippen molar-refractivity contribution < 1.29 is 9.53 Å². The average Bonchev–Trinajstić information content (AvgIpc) is 3.06. The predicted molar refractivity (Wildman–Crippen MR) is 121 cm³/mol. The third kappa shape index (κ3) is 4.11. The standard InChI is InChI=1S/C23H16BrClN2O2/c1-29-20-12-4-16(5-13-20)22-26-21(14-15-2-8-18(25)9-3-15)23(28)27(22)19-10-6-17(24)7-11-19/h2-14H,1H3/b21-14+. The summed E-state index contributed by atoms with van der Waals surface area (Å²) in [7, 11) is 1.62. The molecule has 1 aliphatic rings. The van der Waals surface area contributed by atoms with Crippen molar-refractivity contribution in [3.8, 4) is 5.75 Å². The van der Waals surface area contributed by atoms with Crippen LogP contribution in [0.1, 0.15) is 11.1 Å². The summed E-state index contributed by atoms with van der Waals surface area (Å²) in [6.07, 6.45) is 1.76. The van der Waals surface area contributed by atoms with Crippen molar-refractivity contribution in [3.05, 3.63) is 99.1 Å². The smallest absolute Gasteiger partial charge is 0.282 e. The van der Waals surface area contributed by atoms with Gasteiger partial charge in [-0.05, 0) is 72.3 Å². The largest absolute Gasteiger partial charge is 0.497 e. The summed E-state index contributed by atoms with van der Waals surface area (Å²) >= 11 is 9.40. The molecule has 6 heteroatoms. The Hall–Kier alpha value is -2.89. The van der Waals surface area contributed by atoms with Crippen LogP contribution in [0.15, 0.2) is 88.0 Å². The van der Waals surface area contributed by atoms with Crippen LogP contribution < -0.4 is 9.64 Å². The van der Waals surface area contributed by atoms with E-state index in [1.807, 2.05) is 60.7 Å². The maximum absolute atomic E-state index is 13.2. The molecular formula is C23H16BrClN2O2. The fourth-order valence-corrected chi connectivity index (χ4v) is 3.39. The van der Waals surface area contributed by atoms with Crippen LogP contribution in [0.3, 0.4) is 0 Å². The highest BCUT2D eigenvalue weighted by Gasteiger charge is 2.32. The molecule has 0 unspecified atom stereocenters. The molecule has 3 aromatic rings. The Kier molecular flexibility index (Phi) is 5.51. The molecule has 0 aromatic heterocycles. The second-order valence-electron chi connectivity index (χ2n) is 6.36. The Morgan fingerprint density at radius 3 is 2.24 bits per heavy atom. The third-order valence-corrected chi connectivity index (χ3v) is 5.25. The van der Waals surface area contributed by atoms with Gasteiger partial charge in [0.15, 0.2) is 0 Å². The van der Waals surface area contributed by atoms with E-state index in [2.05, 4.69) is 20.9 Å². The molecule has 0 saturated carbocycles. The summed E-state index contributed by atoms with van der Waals surface area (Å²) in [5.74, 6) is 1.12. The maximum Gasteiger partial charge on any atom is 0.282 e. The van der Waals surface area contributed by atoms with Crippen LogP contribution >= 0.6 is 27.5 Å². The Balaban J connectivity index is 1.79. The molecule has 0 aliphatic carbocycles. The quantitative estimate of drug-likeness (QED) is 0.445. The summed E-state index contributed by atoms with van der Waals surface area (Å²) in [5.41, 5.74) is 2.78. The number of amidine groups is 1. The Morgan fingerprint density at radius 2 is 1.62 bits per heavy atom. The summed E-state index contributed by atoms with van der Waals surface area (Å²) in [5, 5.41) is 0.642. The van der Waals surface area contributed by atoms with Gasteiger partial charge in [0.05, 0.1) is 12.8 Å². The van der Waals surface area contributed by atoms with Gasteiger partial charge in [0.25, 0.3) is 5.91 Å². The van der Waals surface area contributed by atoms with Gasteiger partial charge in [-0.15, -0.1) is 0 Å². The van der Waals surface area contributed by atoms with Crippen molar-refractivity contribution in [1.29, 1.82) is 0 Å². The highest BCUT2D eigenvalue weighted by molar-refractivity contribution is 9.10. The Morgan fingerprint density at radius 1 is 0.966 bits per heavy atom. The van der Waals surface area contributed by atoms with Crippen molar-refractivity contribution in [2.24, 2.45) is 4.99 Å². The number of methoxy groups -OCH3 is 1. The minimum Gasteiger partial charge on any atom is -0.497 e. The monoisotopic (exact) mass is 466 g/mol. The van der Waals surface area contributed by atoms with Crippen LogP contribution in [0.2, 0.25) is 5.02 Å². The molecule has 0 radical (unpaired) electrons. The van der Waals surface area contributed by atoms with E-state index in [9.17, 15) is 4.79 Å². The molecule has 0 atom stereocenters. The van der Waals surface area contributed by atoms with Crippen LogP contribution in [0.5, 0.6) is 5.75 Å². The highest BCUT2D eigenvalue weighted by Crippen LogP contribution is 2.29. The van der Waals surface area contributed by atoms with Crippen molar-refractivity contribution in [3.63, 3.8) is 0 Å². The molecule has 1 heterocycles. The molecule has 0 bridgehead atoms. The number of benzene rings is 3. The highest BCUT2D eigenvalue weighted by atomic mass is 79.9. The molecule has 1 amide bonds. The van der Waals surface area contributed by atoms with Gasteiger partial charge in [-0.1, -0.05) is 39.7 Å². The number of halogens is 2. The van der Waals surface area contributed by atoms with E-state index in [1.54, 1.807) is 30.2 Å². The molecule has 144 valence electrons. The lowest BCUT2D eigenvalue weighted by Gasteiger charge is -2.18. The number of carbonyl (C=O) groups excluding carboxylic acids is 1. The minimum atomic E-state index is -0.187. The minimum absolute atomic E-state index is 0.187. The zero-order valence-electron chi connectivity index (χ0n) is 15.5. The molecule has 0 N–H and O–H groups in total. The Bertz CT molecular complexity index is 1110. The van der Waals surface area contributed by atoms with Gasteiger partial charge in [0.2, 0.25) is 0 Å². The SMILES string of the molecule is COc1ccc(C2=N/C(=C/c3ccc(Cl)cc3)C(=O)N2c2ccc(Br)cc2)cc1. The first kappa shape index (κ1) is 19.4. The number of nitrogens with zero attached hydrogens (tertiary/aromatic N) is 2. The first-order chi connectivity index (χ1) is 14.0. The van der Waals surface area contributed by atoms with Crippen LogP contribution in [0.25, 0.3) is 6.08 Å². The summed E-state index contributed by atoms with van der Waals surface area (Å²) in [6, 6.07) is 22.3. The molecule has 4 nitrogen and oxygen atoms in total. The van der Waals surface area contributed by atoms with E-state index in [0.717, 1.165) is 27.0 Å².